The minimum Gasteiger partial charge on any atom is -0.327 e. The number of nitrogens with zero attached hydrogens (tertiary/aromatic N) is 3. The van der Waals surface area contributed by atoms with Gasteiger partial charge in [-0.1, -0.05) is 56.7 Å². The third-order valence-corrected chi connectivity index (χ3v) is 6.42. The van der Waals surface area contributed by atoms with Crippen molar-refractivity contribution in [2.75, 3.05) is 13.1 Å². The summed E-state index contributed by atoms with van der Waals surface area (Å²) in [5.74, 6) is 1.11. The van der Waals surface area contributed by atoms with Crippen molar-refractivity contribution in [1.82, 2.24) is 14.5 Å². The number of hydrogen-bond donors (Lipinski definition) is 1. The van der Waals surface area contributed by atoms with Crippen LogP contribution in [0.2, 0.25) is 0 Å². The Bertz CT molecular complexity index is 1110. The number of aryl methyl sites for hydroxylation is 2. The molecule has 6 heteroatoms. The van der Waals surface area contributed by atoms with Crippen LogP contribution < -0.4 is 5.73 Å². The standard InChI is InChI=1S/C21H30N4O.C7H7F/c1-6-15-8-7-9-16(12-15)18-19(14(2)3)24-10-11-25(17(26)13-22)21(4,5)20(24)23-18;1-6-2-4-7(8)5-3-6/h7-9,12,14H,6,10-11,13,22H2,1-5H3;2-5H,1H3. The van der Waals surface area contributed by atoms with E-state index in [0.29, 0.717) is 12.5 Å². The number of carbonyl (C=O) groups is 1. The molecule has 1 aliphatic rings. The lowest BCUT2D eigenvalue weighted by molar-refractivity contribution is -0.137. The fourth-order valence-electron chi connectivity index (χ4n) is 4.58. The minimum atomic E-state index is -0.473. The zero-order valence-corrected chi connectivity index (χ0v) is 21.2. The van der Waals surface area contributed by atoms with E-state index < -0.39 is 5.54 Å². The summed E-state index contributed by atoms with van der Waals surface area (Å²) in [7, 11) is 0. The summed E-state index contributed by atoms with van der Waals surface area (Å²) in [6, 6.07) is 15.0. The van der Waals surface area contributed by atoms with E-state index in [0.717, 1.165) is 35.6 Å². The van der Waals surface area contributed by atoms with Crippen LogP contribution in [0.3, 0.4) is 0 Å². The number of fused-ring (bicyclic) bond motifs is 1. The second kappa shape index (κ2) is 10.5. The molecular formula is C28H37FN4O. The van der Waals surface area contributed by atoms with Gasteiger partial charge in [0.2, 0.25) is 5.91 Å². The van der Waals surface area contributed by atoms with Gasteiger partial charge in [0.1, 0.15) is 11.6 Å². The van der Waals surface area contributed by atoms with E-state index in [9.17, 15) is 9.18 Å². The van der Waals surface area contributed by atoms with E-state index in [-0.39, 0.29) is 18.3 Å². The molecule has 0 saturated carbocycles. The average molecular weight is 465 g/mol. The summed E-state index contributed by atoms with van der Waals surface area (Å²) in [5, 5.41) is 0. The Kier molecular flexibility index (Phi) is 7.93. The molecule has 0 spiro atoms. The third-order valence-electron chi connectivity index (χ3n) is 6.42. The van der Waals surface area contributed by atoms with E-state index in [2.05, 4.69) is 63.5 Å². The maximum Gasteiger partial charge on any atom is 0.237 e. The van der Waals surface area contributed by atoms with Crippen LogP contribution in [0.25, 0.3) is 11.3 Å². The number of amides is 1. The number of rotatable bonds is 4. The molecule has 34 heavy (non-hydrogen) atoms. The van der Waals surface area contributed by atoms with Gasteiger partial charge in [-0.2, -0.15) is 0 Å². The Morgan fingerprint density at radius 3 is 2.38 bits per heavy atom. The van der Waals surface area contributed by atoms with Crippen LogP contribution in [0.5, 0.6) is 0 Å². The van der Waals surface area contributed by atoms with E-state index in [4.69, 9.17) is 10.7 Å². The number of aromatic nitrogens is 2. The summed E-state index contributed by atoms with van der Waals surface area (Å²) in [6.45, 7) is 14.1. The van der Waals surface area contributed by atoms with Gasteiger partial charge in [0.15, 0.2) is 0 Å². The molecule has 0 unspecified atom stereocenters. The minimum absolute atomic E-state index is 0.0233. The first-order valence-corrected chi connectivity index (χ1v) is 12.0. The number of halogens is 1. The van der Waals surface area contributed by atoms with E-state index in [1.54, 1.807) is 12.1 Å². The Hall–Kier alpha value is -2.99. The molecule has 4 rings (SSSR count). The van der Waals surface area contributed by atoms with Gasteiger partial charge in [0, 0.05) is 24.3 Å². The molecule has 1 aromatic heterocycles. The Morgan fingerprint density at radius 2 is 1.82 bits per heavy atom. The number of imidazole rings is 1. The van der Waals surface area contributed by atoms with Crippen LogP contribution in [-0.4, -0.2) is 33.4 Å². The van der Waals surface area contributed by atoms with Crippen molar-refractivity contribution in [2.24, 2.45) is 5.73 Å². The number of nitrogens with two attached hydrogens (primary N) is 1. The topological polar surface area (TPSA) is 64.2 Å². The van der Waals surface area contributed by atoms with Gasteiger partial charge in [0.25, 0.3) is 0 Å². The number of hydrogen-bond acceptors (Lipinski definition) is 3. The first kappa shape index (κ1) is 25.6. The van der Waals surface area contributed by atoms with Crippen molar-refractivity contribution >= 4 is 5.91 Å². The van der Waals surface area contributed by atoms with Crippen molar-refractivity contribution in [2.45, 2.75) is 66.0 Å². The van der Waals surface area contributed by atoms with E-state index in [1.165, 1.54) is 23.4 Å². The predicted molar refractivity (Wildman–Crippen MR) is 136 cm³/mol. The molecule has 5 nitrogen and oxygen atoms in total. The molecule has 0 saturated heterocycles. The fraction of sp³-hybridized carbons (Fsp3) is 0.429. The highest BCUT2D eigenvalue weighted by molar-refractivity contribution is 5.79. The van der Waals surface area contributed by atoms with Gasteiger partial charge in [-0.15, -0.1) is 0 Å². The molecule has 2 heterocycles. The molecule has 2 aromatic carbocycles. The first-order valence-electron chi connectivity index (χ1n) is 12.0. The molecule has 3 aromatic rings. The molecule has 0 bridgehead atoms. The molecule has 0 radical (unpaired) electrons. The Balaban J connectivity index is 0.000000343. The third kappa shape index (κ3) is 5.22. The zero-order chi connectivity index (χ0) is 25.0. The molecule has 0 fully saturated rings. The molecule has 0 aliphatic carbocycles. The molecule has 2 N–H and O–H groups in total. The summed E-state index contributed by atoms with van der Waals surface area (Å²) in [4.78, 5) is 19.3. The van der Waals surface area contributed by atoms with Crippen LogP contribution in [0, 0.1) is 12.7 Å². The average Bonchev–Trinajstić information content (AvgIpc) is 3.22. The number of carbonyl (C=O) groups excluding carboxylic acids is 1. The second-order valence-electron chi connectivity index (χ2n) is 9.63. The normalized spacial score (nSPS) is 14.4. The van der Waals surface area contributed by atoms with Crippen LogP contribution in [0.15, 0.2) is 48.5 Å². The second-order valence-corrected chi connectivity index (χ2v) is 9.63. The predicted octanol–water partition coefficient (Wildman–Crippen LogP) is 5.41. The maximum atomic E-state index is 12.3. The molecule has 1 aliphatic heterocycles. The largest absolute Gasteiger partial charge is 0.327 e. The van der Waals surface area contributed by atoms with Gasteiger partial charge < -0.3 is 15.2 Å². The molecule has 182 valence electrons. The molecular weight excluding hydrogens is 427 g/mol. The van der Waals surface area contributed by atoms with Gasteiger partial charge in [-0.25, -0.2) is 9.37 Å². The smallest absolute Gasteiger partial charge is 0.237 e. The number of benzene rings is 2. The highest BCUT2D eigenvalue weighted by Gasteiger charge is 2.41. The fourth-order valence-corrected chi connectivity index (χ4v) is 4.58. The molecule has 1 amide bonds. The lowest BCUT2D eigenvalue weighted by Gasteiger charge is -2.42. The van der Waals surface area contributed by atoms with Gasteiger partial charge in [-0.3, -0.25) is 4.79 Å². The van der Waals surface area contributed by atoms with Gasteiger partial charge >= 0.3 is 0 Å². The van der Waals surface area contributed by atoms with Crippen molar-refractivity contribution in [3.63, 3.8) is 0 Å². The summed E-state index contributed by atoms with van der Waals surface area (Å²) in [6.07, 6.45) is 1.00. The van der Waals surface area contributed by atoms with Crippen LogP contribution in [0.4, 0.5) is 4.39 Å². The van der Waals surface area contributed by atoms with Crippen molar-refractivity contribution < 1.29 is 9.18 Å². The van der Waals surface area contributed by atoms with Crippen LogP contribution >= 0.6 is 0 Å². The summed E-state index contributed by atoms with van der Waals surface area (Å²) in [5.41, 5.74) is 11.0. The highest BCUT2D eigenvalue weighted by atomic mass is 19.1. The van der Waals surface area contributed by atoms with Gasteiger partial charge in [-0.05, 0) is 56.9 Å². The van der Waals surface area contributed by atoms with Crippen LogP contribution in [-0.2, 0) is 23.3 Å². The SMILES string of the molecule is CCc1cccc(-c2nc3n(c2C(C)C)CCN(C(=O)CN)C3(C)C)c1.Cc1ccc(F)cc1. The highest BCUT2D eigenvalue weighted by Crippen LogP contribution is 2.38. The van der Waals surface area contributed by atoms with Crippen LogP contribution in [0.1, 0.15) is 63.2 Å². The zero-order valence-electron chi connectivity index (χ0n) is 21.2. The lowest BCUT2D eigenvalue weighted by atomic mass is 9.98. The van der Waals surface area contributed by atoms with E-state index in [1.807, 2.05) is 11.8 Å². The maximum absolute atomic E-state index is 12.3. The lowest BCUT2D eigenvalue weighted by Crippen LogP contribution is -2.53. The quantitative estimate of drug-likeness (QED) is 0.562. The van der Waals surface area contributed by atoms with Crippen molar-refractivity contribution in [3.8, 4) is 11.3 Å². The van der Waals surface area contributed by atoms with Crippen molar-refractivity contribution in [3.05, 3.63) is 77.0 Å². The first-order chi connectivity index (χ1) is 16.1. The summed E-state index contributed by atoms with van der Waals surface area (Å²) < 4.78 is 14.4. The van der Waals surface area contributed by atoms with Gasteiger partial charge in [0.05, 0.1) is 17.8 Å². The Morgan fingerprint density at radius 1 is 1.15 bits per heavy atom. The monoisotopic (exact) mass is 464 g/mol. The summed E-state index contributed by atoms with van der Waals surface area (Å²) >= 11 is 0. The molecule has 0 atom stereocenters. The van der Waals surface area contributed by atoms with E-state index >= 15 is 0 Å². The Labute approximate surface area is 202 Å². The van der Waals surface area contributed by atoms with Crippen molar-refractivity contribution in [1.29, 1.82) is 0 Å².